The van der Waals surface area contributed by atoms with Gasteiger partial charge in [0.05, 0.1) is 17.3 Å². The summed E-state index contributed by atoms with van der Waals surface area (Å²) in [4.78, 5) is 24.4. The smallest absolute Gasteiger partial charge is 0.262 e. The van der Waals surface area contributed by atoms with Crippen LogP contribution >= 0.6 is 11.6 Å². The molecule has 0 saturated carbocycles. The molecule has 6 heteroatoms. The van der Waals surface area contributed by atoms with Crippen LogP contribution in [-0.4, -0.2) is 22.4 Å². The molecule has 158 valence electrons. The first kappa shape index (κ1) is 20.2. The highest BCUT2D eigenvalue weighted by Gasteiger charge is 2.28. The number of nitrogens with zero attached hydrogens (tertiary/aromatic N) is 3. The van der Waals surface area contributed by atoms with Gasteiger partial charge in [-0.25, -0.2) is 4.98 Å². The highest BCUT2D eigenvalue weighted by atomic mass is 35.5. The van der Waals surface area contributed by atoms with E-state index >= 15 is 0 Å². The van der Waals surface area contributed by atoms with E-state index in [4.69, 9.17) is 11.6 Å². The lowest BCUT2D eigenvalue weighted by Gasteiger charge is -2.23. The molecule has 5 rings (SSSR count). The quantitative estimate of drug-likeness (QED) is 0.443. The number of nitrogens with one attached hydrogen (secondary N) is 1. The Kier molecular flexibility index (Phi) is 5.57. The van der Waals surface area contributed by atoms with Gasteiger partial charge < -0.3 is 10.2 Å². The fourth-order valence-electron chi connectivity index (χ4n) is 4.09. The van der Waals surface area contributed by atoms with Gasteiger partial charge in [0.15, 0.2) is 0 Å². The normalized spacial score (nSPS) is 13.5. The number of hydrogen-bond acceptors (Lipinski definition) is 4. The Morgan fingerprint density at radius 3 is 2.62 bits per heavy atom. The van der Waals surface area contributed by atoms with Crippen LogP contribution in [0.3, 0.4) is 0 Å². The number of pyridine rings is 2. The first-order valence-electron chi connectivity index (χ1n) is 10.5. The third-order valence-corrected chi connectivity index (χ3v) is 5.85. The summed E-state index contributed by atoms with van der Waals surface area (Å²) in [6, 6.07) is 24.7. The number of para-hydroxylation sites is 1. The number of halogens is 1. The van der Waals surface area contributed by atoms with E-state index in [0.717, 1.165) is 23.4 Å². The second-order valence-electron chi connectivity index (χ2n) is 7.62. The molecule has 0 bridgehead atoms. The molecule has 1 aliphatic rings. The fourth-order valence-corrected chi connectivity index (χ4v) is 4.28. The molecule has 1 N–H and O–H groups in total. The summed E-state index contributed by atoms with van der Waals surface area (Å²) < 4.78 is 0. The fraction of sp³-hybridized carbons (Fsp3) is 0.115. The van der Waals surface area contributed by atoms with Crippen LogP contribution in [0.2, 0.25) is 5.02 Å². The number of amides is 1. The van der Waals surface area contributed by atoms with Gasteiger partial charge in [0.25, 0.3) is 5.91 Å². The molecule has 4 aromatic rings. The van der Waals surface area contributed by atoms with Crippen LogP contribution in [0.25, 0.3) is 0 Å². The van der Waals surface area contributed by atoms with Gasteiger partial charge >= 0.3 is 0 Å². The Morgan fingerprint density at radius 2 is 1.78 bits per heavy atom. The number of hydrogen-bond donors (Lipinski definition) is 1. The van der Waals surface area contributed by atoms with Crippen LogP contribution in [-0.2, 0) is 6.42 Å². The molecule has 0 saturated heterocycles. The molecule has 1 atom stereocenters. The van der Waals surface area contributed by atoms with Crippen LogP contribution in [0.4, 0.5) is 11.5 Å². The number of anilines is 2. The molecular formula is C26H21ClN4O. The number of carbonyl (C=O) groups is 1. The van der Waals surface area contributed by atoms with Crippen molar-refractivity contribution in [2.24, 2.45) is 0 Å². The van der Waals surface area contributed by atoms with E-state index in [2.05, 4.69) is 21.4 Å². The largest absolute Gasteiger partial charge is 0.357 e. The summed E-state index contributed by atoms with van der Waals surface area (Å²) in [5.41, 5.74) is 4.41. The maximum atomic E-state index is 13.5. The van der Waals surface area contributed by atoms with E-state index in [0.29, 0.717) is 22.9 Å². The van der Waals surface area contributed by atoms with Crippen molar-refractivity contribution in [2.45, 2.75) is 12.5 Å². The molecule has 2 aromatic carbocycles. The molecule has 1 amide bonds. The zero-order valence-electron chi connectivity index (χ0n) is 17.3. The zero-order valence-corrected chi connectivity index (χ0v) is 18.0. The first-order valence-corrected chi connectivity index (χ1v) is 10.9. The van der Waals surface area contributed by atoms with Gasteiger partial charge in [-0.3, -0.25) is 9.78 Å². The minimum Gasteiger partial charge on any atom is -0.357 e. The summed E-state index contributed by atoms with van der Waals surface area (Å²) in [7, 11) is 0. The topological polar surface area (TPSA) is 58.1 Å². The minimum atomic E-state index is -0.317. The van der Waals surface area contributed by atoms with Gasteiger partial charge in [0.2, 0.25) is 0 Å². The molecule has 1 aliphatic heterocycles. The van der Waals surface area contributed by atoms with Crippen molar-refractivity contribution < 1.29 is 4.79 Å². The first-order chi connectivity index (χ1) is 15.7. The second-order valence-corrected chi connectivity index (χ2v) is 8.06. The van der Waals surface area contributed by atoms with Gasteiger partial charge in [0.1, 0.15) is 5.82 Å². The molecule has 0 fully saturated rings. The Hall–Kier alpha value is -3.70. The molecule has 5 nitrogen and oxygen atoms in total. The number of aromatic nitrogens is 2. The lowest BCUT2D eigenvalue weighted by Crippen LogP contribution is -2.30. The average molecular weight is 441 g/mol. The van der Waals surface area contributed by atoms with E-state index in [1.807, 2.05) is 71.6 Å². The van der Waals surface area contributed by atoms with Crippen molar-refractivity contribution in [3.05, 3.63) is 119 Å². The van der Waals surface area contributed by atoms with E-state index < -0.39 is 0 Å². The van der Waals surface area contributed by atoms with Crippen LogP contribution < -0.4 is 10.2 Å². The van der Waals surface area contributed by atoms with Crippen molar-refractivity contribution in [2.75, 3.05) is 16.8 Å². The minimum absolute atomic E-state index is 0.0728. The lowest BCUT2D eigenvalue weighted by atomic mass is 10.0. The zero-order chi connectivity index (χ0) is 21.9. The standard InChI is InChI=1S/C26H21ClN4O/c27-20-9-5-8-19(17-20)24(22-11-3-4-14-28-22)30-25-21(10-6-15-29-25)26(32)31-16-13-18-7-1-2-12-23(18)31/h1-12,14-15,17,24H,13,16H2,(H,29,30). The predicted molar refractivity (Wildman–Crippen MR) is 127 cm³/mol. The molecular weight excluding hydrogens is 420 g/mol. The van der Waals surface area contributed by atoms with Crippen molar-refractivity contribution in [3.63, 3.8) is 0 Å². The lowest BCUT2D eigenvalue weighted by molar-refractivity contribution is 0.0990. The Bertz CT molecular complexity index is 1260. The van der Waals surface area contributed by atoms with E-state index in [1.54, 1.807) is 18.5 Å². The summed E-state index contributed by atoms with van der Waals surface area (Å²) in [5.74, 6) is 0.439. The average Bonchev–Trinajstić information content (AvgIpc) is 3.27. The van der Waals surface area contributed by atoms with Gasteiger partial charge in [0, 0.05) is 29.6 Å². The third kappa shape index (κ3) is 3.95. The third-order valence-electron chi connectivity index (χ3n) is 5.62. The number of fused-ring (bicyclic) bond motifs is 1. The van der Waals surface area contributed by atoms with Crippen LogP contribution in [0.5, 0.6) is 0 Å². The van der Waals surface area contributed by atoms with Crippen molar-refractivity contribution in [3.8, 4) is 0 Å². The van der Waals surface area contributed by atoms with Gasteiger partial charge in [-0.15, -0.1) is 0 Å². The van der Waals surface area contributed by atoms with Crippen LogP contribution in [0, 0.1) is 0 Å². The summed E-state index contributed by atoms with van der Waals surface area (Å²) >= 11 is 6.27. The molecule has 3 heterocycles. The SMILES string of the molecule is O=C(c1cccnc1NC(c1cccc(Cl)c1)c1ccccn1)N1CCc2ccccc21. The Labute approximate surface area is 191 Å². The maximum absolute atomic E-state index is 13.5. The van der Waals surface area contributed by atoms with Gasteiger partial charge in [-0.05, 0) is 60.0 Å². The highest BCUT2D eigenvalue weighted by molar-refractivity contribution is 6.30. The Balaban J connectivity index is 1.52. The summed E-state index contributed by atoms with van der Waals surface area (Å²) in [6.07, 6.45) is 4.29. The number of carbonyl (C=O) groups excluding carboxylic acids is 1. The number of rotatable bonds is 5. The van der Waals surface area contributed by atoms with E-state index in [9.17, 15) is 4.79 Å². The van der Waals surface area contributed by atoms with Crippen LogP contribution in [0.15, 0.2) is 91.3 Å². The number of benzene rings is 2. The molecule has 2 aromatic heterocycles. The van der Waals surface area contributed by atoms with E-state index in [1.165, 1.54) is 5.56 Å². The van der Waals surface area contributed by atoms with Gasteiger partial charge in [-0.2, -0.15) is 0 Å². The monoisotopic (exact) mass is 440 g/mol. The molecule has 0 aliphatic carbocycles. The summed E-state index contributed by atoms with van der Waals surface area (Å²) in [5, 5.41) is 4.09. The van der Waals surface area contributed by atoms with Crippen molar-refractivity contribution in [1.82, 2.24) is 9.97 Å². The van der Waals surface area contributed by atoms with Crippen molar-refractivity contribution in [1.29, 1.82) is 0 Å². The van der Waals surface area contributed by atoms with Crippen LogP contribution in [0.1, 0.15) is 33.2 Å². The molecule has 0 spiro atoms. The van der Waals surface area contributed by atoms with Gasteiger partial charge in [-0.1, -0.05) is 48.0 Å². The Morgan fingerprint density at radius 1 is 0.938 bits per heavy atom. The molecule has 0 radical (unpaired) electrons. The summed E-state index contributed by atoms with van der Waals surface area (Å²) in [6.45, 7) is 0.657. The predicted octanol–water partition coefficient (Wildman–Crippen LogP) is 5.53. The molecule has 32 heavy (non-hydrogen) atoms. The second kappa shape index (κ2) is 8.81. The molecule has 1 unspecified atom stereocenters. The van der Waals surface area contributed by atoms with E-state index in [-0.39, 0.29) is 11.9 Å². The maximum Gasteiger partial charge on any atom is 0.262 e. The highest BCUT2D eigenvalue weighted by Crippen LogP contribution is 2.32. The van der Waals surface area contributed by atoms with Crippen molar-refractivity contribution >= 4 is 29.0 Å².